The first-order valence-electron chi connectivity index (χ1n) is 6.16. The highest BCUT2D eigenvalue weighted by atomic mass is 19.1. The number of carboxylic acid groups (broad SMARTS) is 1. The fourth-order valence-corrected chi connectivity index (χ4v) is 1.81. The number of rotatable bonds is 5. The zero-order chi connectivity index (χ0) is 15.4. The topological polar surface area (TPSA) is 72.5 Å². The third-order valence-corrected chi connectivity index (χ3v) is 2.79. The van der Waals surface area contributed by atoms with Gasteiger partial charge < -0.3 is 15.6 Å². The molecule has 0 aliphatic rings. The highest BCUT2D eigenvalue weighted by Gasteiger charge is 2.15. The Bertz CT molecular complexity index is 641. The summed E-state index contributed by atoms with van der Waals surface area (Å²) in [6.45, 7) is 0. The van der Waals surface area contributed by atoms with Crippen LogP contribution in [0.4, 0.5) is 8.78 Å². The van der Waals surface area contributed by atoms with Gasteiger partial charge in [-0.1, -0.05) is 18.2 Å². The standard InChI is InChI=1S/C15H13F2NO3/c16-10-6-11(17)8-12(7-10)21-14-4-2-1-3-9(14)5-13(18)15(19)20/h1-4,6-8,13H,5,18H2,(H,19,20). The number of aliphatic carboxylic acids is 1. The van der Waals surface area contributed by atoms with Crippen LogP contribution in [0.1, 0.15) is 5.56 Å². The molecule has 3 N–H and O–H groups in total. The van der Waals surface area contributed by atoms with Gasteiger partial charge in [-0.15, -0.1) is 0 Å². The van der Waals surface area contributed by atoms with E-state index in [9.17, 15) is 13.6 Å². The quantitative estimate of drug-likeness (QED) is 0.889. The zero-order valence-electron chi connectivity index (χ0n) is 10.9. The van der Waals surface area contributed by atoms with Crippen molar-refractivity contribution in [1.29, 1.82) is 0 Å². The molecule has 0 saturated heterocycles. The molecule has 0 amide bonds. The van der Waals surface area contributed by atoms with Gasteiger partial charge in [-0.25, -0.2) is 8.78 Å². The summed E-state index contributed by atoms with van der Waals surface area (Å²) in [5, 5.41) is 8.83. The van der Waals surface area contributed by atoms with Gasteiger partial charge in [0.05, 0.1) is 0 Å². The molecule has 0 aromatic heterocycles. The Balaban J connectivity index is 2.25. The van der Waals surface area contributed by atoms with Crippen molar-refractivity contribution in [3.8, 4) is 11.5 Å². The molecule has 6 heteroatoms. The minimum absolute atomic E-state index is 0.0103. The van der Waals surface area contributed by atoms with E-state index in [0.29, 0.717) is 11.3 Å². The van der Waals surface area contributed by atoms with Crippen LogP contribution >= 0.6 is 0 Å². The van der Waals surface area contributed by atoms with Gasteiger partial charge in [-0.2, -0.15) is 0 Å². The number of halogens is 2. The summed E-state index contributed by atoms with van der Waals surface area (Å²) in [5.74, 6) is -2.36. The van der Waals surface area contributed by atoms with E-state index in [-0.39, 0.29) is 12.2 Å². The third-order valence-electron chi connectivity index (χ3n) is 2.79. The number of hydrogen-bond donors (Lipinski definition) is 2. The van der Waals surface area contributed by atoms with Crippen LogP contribution in [0.15, 0.2) is 42.5 Å². The minimum atomic E-state index is -1.14. The molecule has 0 fully saturated rings. The van der Waals surface area contributed by atoms with Gasteiger partial charge in [-0.05, 0) is 11.6 Å². The molecule has 0 saturated carbocycles. The Labute approximate surface area is 119 Å². The van der Waals surface area contributed by atoms with E-state index >= 15 is 0 Å². The predicted molar refractivity (Wildman–Crippen MR) is 72.2 cm³/mol. The number of hydrogen-bond acceptors (Lipinski definition) is 3. The largest absolute Gasteiger partial charge is 0.480 e. The van der Waals surface area contributed by atoms with E-state index in [1.165, 1.54) is 0 Å². The van der Waals surface area contributed by atoms with E-state index in [4.69, 9.17) is 15.6 Å². The molecule has 0 aliphatic heterocycles. The summed E-state index contributed by atoms with van der Waals surface area (Å²) in [6, 6.07) is 8.32. The van der Waals surface area contributed by atoms with E-state index in [2.05, 4.69) is 0 Å². The van der Waals surface area contributed by atoms with E-state index in [1.54, 1.807) is 24.3 Å². The van der Waals surface area contributed by atoms with Crippen LogP contribution in [0, 0.1) is 11.6 Å². The molecule has 2 rings (SSSR count). The maximum atomic E-state index is 13.1. The van der Waals surface area contributed by atoms with Gasteiger partial charge in [0.1, 0.15) is 29.2 Å². The number of nitrogens with two attached hydrogens (primary N) is 1. The molecule has 21 heavy (non-hydrogen) atoms. The Morgan fingerprint density at radius 2 is 1.81 bits per heavy atom. The first-order chi connectivity index (χ1) is 9.95. The first kappa shape index (κ1) is 14.9. The molecule has 0 aliphatic carbocycles. The van der Waals surface area contributed by atoms with Crippen LogP contribution in [0.5, 0.6) is 11.5 Å². The van der Waals surface area contributed by atoms with Gasteiger partial charge >= 0.3 is 5.97 Å². The summed E-state index contributed by atoms with van der Waals surface area (Å²) in [6.07, 6.45) is 0.0449. The number of carboxylic acids is 1. The number of benzene rings is 2. The minimum Gasteiger partial charge on any atom is -0.480 e. The Morgan fingerprint density at radius 3 is 2.43 bits per heavy atom. The van der Waals surface area contributed by atoms with Crippen LogP contribution < -0.4 is 10.5 Å². The molecule has 2 aromatic carbocycles. The molecular formula is C15H13F2NO3. The molecule has 0 radical (unpaired) electrons. The Morgan fingerprint density at radius 1 is 1.19 bits per heavy atom. The van der Waals surface area contributed by atoms with E-state index in [0.717, 1.165) is 18.2 Å². The summed E-state index contributed by atoms with van der Waals surface area (Å²) >= 11 is 0. The van der Waals surface area contributed by atoms with Crippen molar-refractivity contribution in [1.82, 2.24) is 0 Å². The summed E-state index contributed by atoms with van der Waals surface area (Å²) < 4.78 is 31.7. The normalized spacial score (nSPS) is 12.0. The average Bonchev–Trinajstić information content (AvgIpc) is 2.39. The van der Waals surface area contributed by atoms with Crippen LogP contribution in [0.3, 0.4) is 0 Å². The molecule has 4 nitrogen and oxygen atoms in total. The maximum absolute atomic E-state index is 13.1. The predicted octanol–water partition coefficient (Wildman–Crippen LogP) is 2.71. The van der Waals surface area contributed by atoms with Crippen molar-refractivity contribution >= 4 is 5.97 Å². The average molecular weight is 293 g/mol. The lowest BCUT2D eigenvalue weighted by molar-refractivity contribution is -0.138. The van der Waals surface area contributed by atoms with Gasteiger partial charge in [0.2, 0.25) is 0 Å². The molecule has 0 bridgehead atoms. The number of ether oxygens (including phenoxy) is 1. The van der Waals surface area contributed by atoms with Crippen LogP contribution in [0.25, 0.3) is 0 Å². The lowest BCUT2D eigenvalue weighted by atomic mass is 10.1. The van der Waals surface area contributed by atoms with E-state index in [1.807, 2.05) is 0 Å². The van der Waals surface area contributed by atoms with Gasteiger partial charge in [0, 0.05) is 24.6 Å². The fraction of sp³-hybridized carbons (Fsp3) is 0.133. The highest BCUT2D eigenvalue weighted by Crippen LogP contribution is 2.27. The summed E-state index contributed by atoms with van der Waals surface area (Å²) in [5.41, 5.74) is 6.02. The Hall–Kier alpha value is -2.47. The van der Waals surface area contributed by atoms with Crippen LogP contribution in [-0.4, -0.2) is 17.1 Å². The first-order valence-corrected chi connectivity index (χ1v) is 6.16. The van der Waals surface area contributed by atoms with Gasteiger partial charge in [-0.3, -0.25) is 4.79 Å². The molecule has 0 heterocycles. The van der Waals surface area contributed by atoms with Crippen molar-refractivity contribution in [2.24, 2.45) is 5.73 Å². The molecule has 2 aromatic rings. The van der Waals surface area contributed by atoms with Crippen molar-refractivity contribution in [3.05, 3.63) is 59.7 Å². The molecule has 110 valence electrons. The lowest BCUT2D eigenvalue weighted by Gasteiger charge is -2.13. The maximum Gasteiger partial charge on any atom is 0.320 e. The van der Waals surface area contributed by atoms with Crippen molar-refractivity contribution in [2.75, 3.05) is 0 Å². The second kappa shape index (κ2) is 6.32. The molecule has 1 unspecified atom stereocenters. The number of carbonyl (C=O) groups is 1. The zero-order valence-corrected chi connectivity index (χ0v) is 10.9. The molecule has 1 atom stereocenters. The SMILES string of the molecule is NC(Cc1ccccc1Oc1cc(F)cc(F)c1)C(=O)O. The number of para-hydroxylation sites is 1. The fourth-order valence-electron chi connectivity index (χ4n) is 1.81. The van der Waals surface area contributed by atoms with Gasteiger partial charge in [0.15, 0.2) is 0 Å². The second-order valence-corrected chi connectivity index (χ2v) is 4.46. The van der Waals surface area contributed by atoms with E-state index < -0.39 is 23.6 Å². The Kier molecular flexibility index (Phi) is 4.49. The van der Waals surface area contributed by atoms with Crippen LogP contribution in [-0.2, 0) is 11.2 Å². The van der Waals surface area contributed by atoms with Gasteiger partial charge in [0.25, 0.3) is 0 Å². The smallest absolute Gasteiger partial charge is 0.320 e. The molecular weight excluding hydrogens is 280 g/mol. The third kappa shape index (κ3) is 4.00. The van der Waals surface area contributed by atoms with Crippen LogP contribution in [0.2, 0.25) is 0 Å². The van der Waals surface area contributed by atoms with Crippen molar-refractivity contribution in [2.45, 2.75) is 12.5 Å². The monoisotopic (exact) mass is 293 g/mol. The molecule has 0 spiro atoms. The summed E-state index contributed by atoms with van der Waals surface area (Å²) in [4.78, 5) is 10.8. The lowest BCUT2D eigenvalue weighted by Crippen LogP contribution is -2.32. The summed E-state index contributed by atoms with van der Waals surface area (Å²) in [7, 11) is 0. The second-order valence-electron chi connectivity index (χ2n) is 4.46. The van der Waals surface area contributed by atoms with Crippen molar-refractivity contribution < 1.29 is 23.4 Å². The van der Waals surface area contributed by atoms with Crippen molar-refractivity contribution in [3.63, 3.8) is 0 Å². The highest BCUT2D eigenvalue weighted by molar-refractivity contribution is 5.73.